The van der Waals surface area contributed by atoms with Gasteiger partial charge in [-0.25, -0.2) is 0 Å². The highest BCUT2D eigenvalue weighted by molar-refractivity contribution is 5.68. The molecule has 0 radical (unpaired) electrons. The van der Waals surface area contributed by atoms with Gasteiger partial charge in [-0.1, -0.05) is 30.3 Å². The number of nitrogens with zero attached hydrogens (tertiary/aromatic N) is 2. The molecular formula is C20H17F3N2. The highest BCUT2D eigenvalue weighted by Crippen LogP contribution is 2.29. The Kier molecular flexibility index (Phi) is 6.46. The van der Waals surface area contributed by atoms with Crippen molar-refractivity contribution >= 4 is 12.2 Å². The number of pyridine rings is 2. The van der Waals surface area contributed by atoms with Crippen molar-refractivity contribution < 1.29 is 13.2 Å². The molecule has 2 heterocycles. The Hall–Kier alpha value is -2.95. The third-order valence-corrected chi connectivity index (χ3v) is 3.14. The largest absolute Gasteiger partial charge is 0.416 e. The molecule has 0 N–H and O–H groups in total. The van der Waals surface area contributed by atoms with Crippen LogP contribution in [-0.4, -0.2) is 9.97 Å². The average molecular weight is 342 g/mol. The second kappa shape index (κ2) is 8.78. The van der Waals surface area contributed by atoms with E-state index in [1.54, 1.807) is 36.7 Å². The van der Waals surface area contributed by atoms with Crippen LogP contribution in [0.1, 0.15) is 22.5 Å². The van der Waals surface area contributed by atoms with Crippen LogP contribution in [0.25, 0.3) is 12.2 Å². The molecule has 3 rings (SSSR count). The predicted octanol–water partition coefficient (Wildman–Crippen LogP) is 5.66. The second-order valence-electron chi connectivity index (χ2n) is 5.18. The molecule has 0 unspecified atom stereocenters. The second-order valence-corrected chi connectivity index (χ2v) is 5.18. The maximum Gasteiger partial charge on any atom is 0.416 e. The van der Waals surface area contributed by atoms with Gasteiger partial charge in [0.15, 0.2) is 0 Å². The van der Waals surface area contributed by atoms with E-state index in [9.17, 15) is 13.2 Å². The molecule has 0 saturated heterocycles. The zero-order valence-electron chi connectivity index (χ0n) is 13.6. The van der Waals surface area contributed by atoms with Gasteiger partial charge in [0, 0.05) is 18.1 Å². The molecule has 128 valence electrons. The summed E-state index contributed by atoms with van der Waals surface area (Å²) >= 11 is 0. The Morgan fingerprint density at radius 3 is 2.12 bits per heavy atom. The van der Waals surface area contributed by atoms with Gasteiger partial charge in [-0.05, 0) is 55.0 Å². The van der Waals surface area contributed by atoms with E-state index in [1.165, 1.54) is 6.07 Å². The lowest BCUT2D eigenvalue weighted by atomic mass is 10.1. The van der Waals surface area contributed by atoms with E-state index in [0.717, 1.165) is 23.5 Å². The van der Waals surface area contributed by atoms with Gasteiger partial charge in [0.25, 0.3) is 0 Å². The van der Waals surface area contributed by atoms with E-state index >= 15 is 0 Å². The molecule has 0 aliphatic heterocycles. The monoisotopic (exact) mass is 342 g/mol. The average Bonchev–Trinajstić information content (AvgIpc) is 2.62. The van der Waals surface area contributed by atoms with Crippen molar-refractivity contribution in [3.8, 4) is 0 Å². The summed E-state index contributed by atoms with van der Waals surface area (Å²) in [5.74, 6) is 0. The van der Waals surface area contributed by atoms with Gasteiger partial charge in [0.05, 0.1) is 11.3 Å². The summed E-state index contributed by atoms with van der Waals surface area (Å²) in [4.78, 5) is 8.04. The molecule has 25 heavy (non-hydrogen) atoms. The molecule has 2 aromatic heterocycles. The molecule has 1 aromatic carbocycles. The summed E-state index contributed by atoms with van der Waals surface area (Å²) in [6.45, 7) is 1.86. The first kappa shape index (κ1) is 18.4. The van der Waals surface area contributed by atoms with Crippen molar-refractivity contribution in [2.45, 2.75) is 13.1 Å². The lowest BCUT2D eigenvalue weighted by Crippen LogP contribution is -2.04. The van der Waals surface area contributed by atoms with Gasteiger partial charge in [0.1, 0.15) is 0 Å². The van der Waals surface area contributed by atoms with Crippen LogP contribution in [0.15, 0.2) is 73.1 Å². The number of alkyl halides is 3. The van der Waals surface area contributed by atoms with Crippen LogP contribution in [0.3, 0.4) is 0 Å². The van der Waals surface area contributed by atoms with E-state index in [-0.39, 0.29) is 0 Å². The van der Waals surface area contributed by atoms with Crippen molar-refractivity contribution in [1.82, 2.24) is 9.97 Å². The van der Waals surface area contributed by atoms with Gasteiger partial charge in [-0.3, -0.25) is 9.97 Å². The zero-order valence-corrected chi connectivity index (χ0v) is 13.6. The van der Waals surface area contributed by atoms with Crippen LogP contribution in [0.2, 0.25) is 0 Å². The van der Waals surface area contributed by atoms with Crippen molar-refractivity contribution in [1.29, 1.82) is 0 Å². The topological polar surface area (TPSA) is 25.8 Å². The highest BCUT2D eigenvalue weighted by Gasteiger charge is 2.30. The summed E-state index contributed by atoms with van der Waals surface area (Å²) in [5, 5.41) is 0. The Bertz CT molecular complexity index is 786. The number of aromatic nitrogens is 2. The van der Waals surface area contributed by atoms with Crippen molar-refractivity contribution in [3.63, 3.8) is 0 Å². The molecule has 0 amide bonds. The van der Waals surface area contributed by atoms with Crippen LogP contribution in [0, 0.1) is 6.92 Å². The standard InChI is InChI=1S/C15H12F3N.C5H5N/c1-11-4-2-7-14(19-11)9-8-12-5-3-6-13(10-12)15(16,17)18;1-2-4-6-5-3-1/h2-10H,1H3;1-5H. The fourth-order valence-electron chi connectivity index (χ4n) is 1.97. The van der Waals surface area contributed by atoms with Crippen molar-refractivity contribution in [2.75, 3.05) is 0 Å². The lowest BCUT2D eigenvalue weighted by molar-refractivity contribution is -0.137. The molecule has 0 aliphatic carbocycles. The minimum atomic E-state index is -4.31. The molecule has 0 atom stereocenters. The summed E-state index contributed by atoms with van der Waals surface area (Å²) in [6, 6.07) is 16.4. The third-order valence-electron chi connectivity index (χ3n) is 3.14. The first-order valence-corrected chi connectivity index (χ1v) is 7.59. The first-order valence-electron chi connectivity index (χ1n) is 7.59. The van der Waals surface area contributed by atoms with Crippen LogP contribution in [-0.2, 0) is 6.18 Å². The Morgan fingerprint density at radius 2 is 1.56 bits per heavy atom. The van der Waals surface area contributed by atoms with E-state index in [1.807, 2.05) is 37.3 Å². The number of hydrogen-bond donors (Lipinski definition) is 0. The van der Waals surface area contributed by atoms with E-state index < -0.39 is 11.7 Å². The minimum absolute atomic E-state index is 0.498. The summed E-state index contributed by atoms with van der Waals surface area (Å²) in [5.41, 5.74) is 1.44. The number of rotatable bonds is 2. The summed E-state index contributed by atoms with van der Waals surface area (Å²) < 4.78 is 37.6. The SMILES string of the molecule is Cc1cccc(C=Cc2cccc(C(F)(F)F)c2)n1.c1ccncc1. The molecule has 3 aromatic rings. The molecule has 0 aliphatic rings. The molecule has 0 saturated carbocycles. The maximum absolute atomic E-state index is 12.5. The van der Waals surface area contributed by atoms with Crippen LogP contribution in [0.5, 0.6) is 0 Å². The Balaban J connectivity index is 0.000000316. The van der Waals surface area contributed by atoms with Gasteiger partial charge in [-0.2, -0.15) is 13.2 Å². The highest BCUT2D eigenvalue weighted by atomic mass is 19.4. The molecule has 0 spiro atoms. The van der Waals surface area contributed by atoms with Gasteiger partial charge in [0.2, 0.25) is 0 Å². The molecule has 0 bridgehead atoms. The fourth-order valence-corrected chi connectivity index (χ4v) is 1.97. The molecular weight excluding hydrogens is 325 g/mol. The van der Waals surface area contributed by atoms with Crippen molar-refractivity contribution in [2.24, 2.45) is 0 Å². The van der Waals surface area contributed by atoms with Gasteiger partial charge in [-0.15, -0.1) is 0 Å². The molecule has 5 heteroatoms. The lowest BCUT2D eigenvalue weighted by Gasteiger charge is -2.06. The maximum atomic E-state index is 12.5. The zero-order chi connectivity index (χ0) is 18.1. The fraction of sp³-hybridized carbons (Fsp3) is 0.100. The normalized spacial score (nSPS) is 11.0. The molecule has 2 nitrogen and oxygen atoms in total. The first-order chi connectivity index (χ1) is 11.9. The third kappa shape index (κ3) is 6.59. The van der Waals surface area contributed by atoms with E-state index in [0.29, 0.717) is 5.56 Å². The van der Waals surface area contributed by atoms with Crippen LogP contribution < -0.4 is 0 Å². The summed E-state index contributed by atoms with van der Waals surface area (Å²) in [6.07, 6.45) is 2.50. The van der Waals surface area contributed by atoms with E-state index in [4.69, 9.17) is 0 Å². The number of aryl methyl sites for hydroxylation is 1. The van der Waals surface area contributed by atoms with Gasteiger partial charge < -0.3 is 0 Å². The smallest absolute Gasteiger partial charge is 0.265 e. The van der Waals surface area contributed by atoms with E-state index in [2.05, 4.69) is 9.97 Å². The summed E-state index contributed by atoms with van der Waals surface area (Å²) in [7, 11) is 0. The minimum Gasteiger partial charge on any atom is -0.265 e. The molecule has 0 fully saturated rings. The van der Waals surface area contributed by atoms with Gasteiger partial charge >= 0.3 is 6.18 Å². The Morgan fingerprint density at radius 1 is 0.840 bits per heavy atom. The van der Waals surface area contributed by atoms with Crippen LogP contribution >= 0.6 is 0 Å². The quantitative estimate of drug-likeness (QED) is 0.600. The number of hydrogen-bond acceptors (Lipinski definition) is 2. The van der Waals surface area contributed by atoms with Crippen LogP contribution in [0.4, 0.5) is 13.2 Å². The van der Waals surface area contributed by atoms with Crippen molar-refractivity contribution in [3.05, 3.63) is 95.6 Å². The predicted molar refractivity (Wildman–Crippen MR) is 93.6 cm³/mol. The number of benzene rings is 1. The Labute approximate surface area is 144 Å². The number of halogens is 3.